The first kappa shape index (κ1) is 21.8. The van der Waals surface area contributed by atoms with E-state index in [4.69, 9.17) is 0 Å². The largest absolute Gasteiger partial charge is 0.364 e. The lowest BCUT2D eigenvalue weighted by atomic mass is 10.1. The first-order valence-corrected chi connectivity index (χ1v) is 9.32. The van der Waals surface area contributed by atoms with Gasteiger partial charge in [0.25, 0.3) is 0 Å². The zero-order valence-electron chi connectivity index (χ0n) is 16.3. The number of rotatable bonds is 8. The Morgan fingerprint density at radius 3 is 2.58 bits per heavy atom. The van der Waals surface area contributed by atoms with Gasteiger partial charge in [0.1, 0.15) is 23.4 Å². The zero-order chi connectivity index (χ0) is 22.3. The van der Waals surface area contributed by atoms with Crippen LogP contribution in [0, 0.1) is 17.1 Å². The van der Waals surface area contributed by atoms with Crippen LogP contribution in [0.25, 0.3) is 0 Å². The summed E-state index contributed by atoms with van der Waals surface area (Å²) in [6, 6.07) is 14.9. The Balaban J connectivity index is 1.65. The molecule has 0 saturated heterocycles. The fraction of sp³-hybridized carbons (Fsp3) is 0.182. The highest BCUT2D eigenvalue weighted by Gasteiger charge is 2.32. The summed E-state index contributed by atoms with van der Waals surface area (Å²) >= 11 is 0. The van der Waals surface area contributed by atoms with Crippen molar-refractivity contribution in [1.29, 1.82) is 5.26 Å². The lowest BCUT2D eigenvalue weighted by molar-refractivity contribution is -0.120. The summed E-state index contributed by atoms with van der Waals surface area (Å²) in [5, 5.41) is 14.3. The maximum Gasteiger partial charge on any atom is 0.306 e. The predicted octanol–water partition coefficient (Wildman–Crippen LogP) is 3.55. The first-order valence-electron chi connectivity index (χ1n) is 9.32. The van der Waals surface area contributed by atoms with Crippen molar-refractivity contribution in [2.45, 2.75) is 18.9 Å². The van der Waals surface area contributed by atoms with Gasteiger partial charge in [-0.15, -0.1) is 0 Å². The molecule has 1 amide bonds. The molecule has 0 unspecified atom stereocenters. The molecule has 3 rings (SSSR count). The highest BCUT2D eigenvalue weighted by atomic mass is 19.3. The van der Waals surface area contributed by atoms with Crippen LogP contribution >= 0.6 is 0 Å². The van der Waals surface area contributed by atoms with Crippen LogP contribution in [0.4, 0.5) is 19.0 Å². The van der Waals surface area contributed by atoms with E-state index in [2.05, 4.69) is 20.6 Å². The van der Waals surface area contributed by atoms with Crippen molar-refractivity contribution >= 4 is 11.7 Å². The molecule has 2 heterocycles. The molecule has 0 aliphatic heterocycles. The monoisotopic (exact) mass is 425 g/mol. The van der Waals surface area contributed by atoms with Crippen molar-refractivity contribution in [3.8, 4) is 6.07 Å². The summed E-state index contributed by atoms with van der Waals surface area (Å²) in [6.45, 7) is -0.788. The average molecular weight is 425 g/mol. The van der Waals surface area contributed by atoms with Crippen LogP contribution in [-0.2, 0) is 23.7 Å². The van der Waals surface area contributed by atoms with Gasteiger partial charge in [-0.05, 0) is 30.3 Å². The number of carbonyl (C=O) groups excluding carboxylic acids is 1. The molecule has 0 fully saturated rings. The molecule has 0 atom stereocenters. The van der Waals surface area contributed by atoms with Crippen LogP contribution in [-0.4, -0.2) is 22.4 Å². The van der Waals surface area contributed by atoms with E-state index in [1.165, 1.54) is 36.5 Å². The molecule has 158 valence electrons. The number of alkyl halides is 2. The second-order valence-electron chi connectivity index (χ2n) is 6.62. The summed E-state index contributed by atoms with van der Waals surface area (Å²) in [4.78, 5) is 20.0. The number of hydrogen-bond donors (Lipinski definition) is 2. The van der Waals surface area contributed by atoms with Crippen LogP contribution in [0.15, 0.2) is 60.8 Å². The van der Waals surface area contributed by atoms with Gasteiger partial charge >= 0.3 is 5.92 Å². The number of benzene rings is 1. The minimum atomic E-state index is -3.24. The number of amides is 1. The molecule has 0 saturated carbocycles. The van der Waals surface area contributed by atoms with Gasteiger partial charge in [-0.1, -0.05) is 24.3 Å². The molecule has 0 bridgehead atoms. The van der Waals surface area contributed by atoms with E-state index in [0.29, 0.717) is 5.56 Å². The van der Waals surface area contributed by atoms with Gasteiger partial charge in [0.15, 0.2) is 0 Å². The van der Waals surface area contributed by atoms with Crippen LogP contribution in [0.1, 0.15) is 22.5 Å². The number of halogens is 3. The number of nitriles is 1. The lowest BCUT2D eigenvalue weighted by Crippen LogP contribution is -2.27. The normalized spacial score (nSPS) is 10.9. The van der Waals surface area contributed by atoms with Crippen LogP contribution in [0.2, 0.25) is 0 Å². The summed E-state index contributed by atoms with van der Waals surface area (Å²) in [7, 11) is 0. The molecule has 2 N–H and O–H groups in total. The molecule has 0 aliphatic carbocycles. The summed E-state index contributed by atoms with van der Waals surface area (Å²) < 4.78 is 42.2. The molecule has 0 spiro atoms. The third kappa shape index (κ3) is 5.79. The molecule has 0 aliphatic rings. The summed E-state index contributed by atoms with van der Waals surface area (Å²) in [5.41, 5.74) is 0.197. The minimum absolute atomic E-state index is 0.0262. The number of carbonyl (C=O) groups is 1. The number of pyridine rings is 2. The van der Waals surface area contributed by atoms with Crippen molar-refractivity contribution in [2.24, 2.45) is 0 Å². The molecule has 6 nitrogen and oxygen atoms in total. The number of aromatic nitrogens is 2. The Bertz CT molecular complexity index is 1100. The fourth-order valence-corrected chi connectivity index (χ4v) is 2.76. The Hall–Kier alpha value is -3.93. The van der Waals surface area contributed by atoms with Crippen molar-refractivity contribution < 1.29 is 18.0 Å². The Morgan fingerprint density at radius 2 is 1.87 bits per heavy atom. The third-order valence-corrected chi connectivity index (χ3v) is 4.39. The average Bonchev–Trinajstić information content (AvgIpc) is 2.78. The Labute approximate surface area is 176 Å². The lowest BCUT2D eigenvalue weighted by Gasteiger charge is -2.17. The summed E-state index contributed by atoms with van der Waals surface area (Å²) in [6.07, 6.45) is 1.02. The van der Waals surface area contributed by atoms with Crippen molar-refractivity contribution in [3.63, 3.8) is 0 Å². The molecule has 9 heteroatoms. The SMILES string of the molecule is N#Cc1ccc(NCC(F)(F)c2ccccn2)nc1CC(=O)NCc1ccccc1F. The molecule has 2 aromatic heterocycles. The van der Waals surface area contributed by atoms with E-state index >= 15 is 0 Å². The van der Waals surface area contributed by atoms with Gasteiger partial charge in [0.05, 0.1) is 24.2 Å². The fourth-order valence-electron chi connectivity index (χ4n) is 2.76. The van der Waals surface area contributed by atoms with Gasteiger partial charge in [-0.2, -0.15) is 14.0 Å². The van der Waals surface area contributed by atoms with Crippen molar-refractivity contribution in [3.05, 3.63) is 89.1 Å². The van der Waals surface area contributed by atoms with Crippen molar-refractivity contribution in [1.82, 2.24) is 15.3 Å². The smallest absolute Gasteiger partial charge is 0.306 e. The van der Waals surface area contributed by atoms with Crippen LogP contribution < -0.4 is 10.6 Å². The van der Waals surface area contributed by atoms with Crippen LogP contribution in [0.5, 0.6) is 0 Å². The van der Waals surface area contributed by atoms with E-state index in [9.17, 15) is 23.2 Å². The maximum absolute atomic E-state index is 14.3. The van der Waals surface area contributed by atoms with Gasteiger partial charge in [-0.3, -0.25) is 9.78 Å². The van der Waals surface area contributed by atoms with Crippen LogP contribution in [0.3, 0.4) is 0 Å². The number of anilines is 1. The zero-order valence-corrected chi connectivity index (χ0v) is 16.3. The quantitative estimate of drug-likeness (QED) is 0.576. The molecule has 1 aromatic carbocycles. The second-order valence-corrected chi connectivity index (χ2v) is 6.62. The standard InChI is InChI=1S/C22H18F3N5O/c23-17-6-2-1-5-16(17)13-28-21(31)11-18-15(12-26)8-9-20(30-18)29-14-22(24,25)19-7-3-4-10-27-19/h1-10H,11,13-14H2,(H,28,31)(H,29,30). The molecule has 3 aromatic rings. The van der Waals surface area contributed by atoms with Gasteiger partial charge in [0, 0.05) is 18.3 Å². The minimum Gasteiger partial charge on any atom is -0.364 e. The molecule has 31 heavy (non-hydrogen) atoms. The number of nitrogens with one attached hydrogen (secondary N) is 2. The topological polar surface area (TPSA) is 90.7 Å². The molecular formula is C22H18F3N5O. The van der Waals surface area contributed by atoms with E-state index < -0.39 is 24.2 Å². The van der Waals surface area contributed by atoms with Gasteiger partial charge < -0.3 is 10.6 Å². The number of nitrogens with zero attached hydrogens (tertiary/aromatic N) is 3. The molecule has 0 radical (unpaired) electrons. The predicted molar refractivity (Wildman–Crippen MR) is 108 cm³/mol. The first-order chi connectivity index (χ1) is 14.9. The van der Waals surface area contributed by atoms with E-state index in [0.717, 1.165) is 0 Å². The van der Waals surface area contributed by atoms with E-state index in [1.807, 2.05) is 6.07 Å². The van der Waals surface area contributed by atoms with Gasteiger partial charge in [0.2, 0.25) is 5.91 Å². The highest BCUT2D eigenvalue weighted by Crippen LogP contribution is 2.26. The molecular weight excluding hydrogens is 407 g/mol. The Morgan fingerprint density at radius 1 is 1.10 bits per heavy atom. The van der Waals surface area contributed by atoms with Gasteiger partial charge in [-0.25, -0.2) is 9.37 Å². The van der Waals surface area contributed by atoms with Crippen molar-refractivity contribution in [2.75, 3.05) is 11.9 Å². The third-order valence-electron chi connectivity index (χ3n) is 4.39. The summed E-state index contributed by atoms with van der Waals surface area (Å²) in [5.74, 6) is -4.08. The maximum atomic E-state index is 14.3. The number of hydrogen-bond acceptors (Lipinski definition) is 5. The Kier molecular flexibility index (Phi) is 6.82. The second kappa shape index (κ2) is 9.71. The highest BCUT2D eigenvalue weighted by molar-refractivity contribution is 5.78. The van der Waals surface area contributed by atoms with E-state index in [1.54, 1.807) is 24.3 Å². The van der Waals surface area contributed by atoms with E-state index in [-0.39, 0.29) is 35.7 Å².